The van der Waals surface area contributed by atoms with Crippen LogP contribution in [0.15, 0.2) is 0 Å². The van der Waals surface area contributed by atoms with E-state index < -0.39 is 0 Å². The molecular formula is C10H19NO2. The average molecular weight is 185 g/mol. The van der Waals surface area contributed by atoms with E-state index in [0.29, 0.717) is 19.0 Å². The van der Waals surface area contributed by atoms with E-state index >= 15 is 0 Å². The van der Waals surface area contributed by atoms with E-state index in [1.165, 1.54) is 0 Å². The van der Waals surface area contributed by atoms with E-state index in [1.807, 2.05) is 11.8 Å². The van der Waals surface area contributed by atoms with Gasteiger partial charge in [0.15, 0.2) is 0 Å². The van der Waals surface area contributed by atoms with Gasteiger partial charge in [-0.05, 0) is 26.7 Å². The van der Waals surface area contributed by atoms with Crippen molar-refractivity contribution in [2.75, 3.05) is 6.54 Å². The molecule has 3 atom stereocenters. The predicted octanol–water partition coefficient (Wildman–Crippen LogP) is 1.01. The second kappa shape index (κ2) is 4.09. The lowest BCUT2D eigenvalue weighted by atomic mass is 10.1. The van der Waals surface area contributed by atoms with Crippen molar-refractivity contribution >= 4 is 5.91 Å². The minimum Gasteiger partial charge on any atom is -0.393 e. The monoisotopic (exact) mass is 185 g/mol. The van der Waals surface area contributed by atoms with Gasteiger partial charge in [0, 0.05) is 18.5 Å². The first-order valence-electron chi connectivity index (χ1n) is 5.01. The van der Waals surface area contributed by atoms with Gasteiger partial charge in [-0.2, -0.15) is 0 Å². The molecule has 0 radical (unpaired) electrons. The smallest absolute Gasteiger partial charge is 0.225 e. The fourth-order valence-electron chi connectivity index (χ4n) is 1.90. The van der Waals surface area contributed by atoms with E-state index in [9.17, 15) is 4.79 Å². The van der Waals surface area contributed by atoms with Gasteiger partial charge in [0.05, 0.1) is 6.10 Å². The molecular weight excluding hydrogens is 166 g/mol. The molecule has 1 aliphatic heterocycles. The van der Waals surface area contributed by atoms with Gasteiger partial charge in [0.2, 0.25) is 5.91 Å². The fraction of sp³-hybridized carbons (Fsp3) is 0.900. The first-order chi connectivity index (χ1) is 6.02. The standard InChI is InChI=1S/C10H19NO2/c1-7-6-8(2)11(10(7)13)5-4-9(3)12/h7-9,12H,4-6H2,1-3H3. The Morgan fingerprint density at radius 3 is 2.62 bits per heavy atom. The maximum atomic E-state index is 11.6. The highest BCUT2D eigenvalue weighted by Crippen LogP contribution is 2.23. The molecule has 0 saturated carbocycles. The Morgan fingerprint density at radius 2 is 2.23 bits per heavy atom. The van der Waals surface area contributed by atoms with Crippen LogP contribution in [0.4, 0.5) is 0 Å². The van der Waals surface area contributed by atoms with E-state index in [0.717, 1.165) is 6.42 Å². The Morgan fingerprint density at radius 1 is 1.62 bits per heavy atom. The van der Waals surface area contributed by atoms with Gasteiger partial charge >= 0.3 is 0 Å². The van der Waals surface area contributed by atoms with E-state index in [4.69, 9.17) is 5.11 Å². The van der Waals surface area contributed by atoms with Crippen molar-refractivity contribution in [3.63, 3.8) is 0 Å². The van der Waals surface area contributed by atoms with Crippen LogP contribution in [-0.2, 0) is 4.79 Å². The third-order valence-corrected chi connectivity index (χ3v) is 2.72. The Kier molecular flexibility index (Phi) is 3.31. The molecule has 0 spiro atoms. The first kappa shape index (κ1) is 10.5. The second-order valence-corrected chi connectivity index (χ2v) is 4.16. The number of rotatable bonds is 3. The Labute approximate surface area is 79.7 Å². The normalized spacial score (nSPS) is 31.1. The number of hydrogen-bond donors (Lipinski definition) is 1. The minimum atomic E-state index is -0.309. The van der Waals surface area contributed by atoms with E-state index in [1.54, 1.807) is 6.92 Å². The number of amides is 1. The molecule has 1 saturated heterocycles. The Bertz CT molecular complexity index is 191. The summed E-state index contributed by atoms with van der Waals surface area (Å²) in [5, 5.41) is 9.11. The number of carbonyl (C=O) groups is 1. The maximum Gasteiger partial charge on any atom is 0.225 e. The zero-order chi connectivity index (χ0) is 10.0. The quantitative estimate of drug-likeness (QED) is 0.713. The molecule has 0 aromatic heterocycles. The van der Waals surface area contributed by atoms with Gasteiger partial charge in [-0.25, -0.2) is 0 Å². The summed E-state index contributed by atoms with van der Waals surface area (Å²) in [6.07, 6.45) is 1.33. The SMILES string of the molecule is CC(O)CCN1C(=O)C(C)CC1C. The molecule has 1 fully saturated rings. The first-order valence-corrected chi connectivity index (χ1v) is 5.01. The van der Waals surface area contributed by atoms with Crippen molar-refractivity contribution in [2.24, 2.45) is 5.92 Å². The molecule has 13 heavy (non-hydrogen) atoms. The van der Waals surface area contributed by atoms with Gasteiger partial charge in [0.1, 0.15) is 0 Å². The van der Waals surface area contributed by atoms with Crippen molar-refractivity contribution in [2.45, 2.75) is 45.8 Å². The molecule has 0 bridgehead atoms. The summed E-state index contributed by atoms with van der Waals surface area (Å²) < 4.78 is 0. The van der Waals surface area contributed by atoms with Crippen LogP contribution < -0.4 is 0 Å². The molecule has 3 unspecified atom stereocenters. The number of aliphatic hydroxyl groups excluding tert-OH is 1. The Hall–Kier alpha value is -0.570. The molecule has 1 heterocycles. The summed E-state index contributed by atoms with van der Waals surface area (Å²) >= 11 is 0. The third kappa shape index (κ3) is 2.44. The van der Waals surface area contributed by atoms with Crippen LogP contribution >= 0.6 is 0 Å². The average Bonchev–Trinajstić information content (AvgIpc) is 2.24. The van der Waals surface area contributed by atoms with Crippen molar-refractivity contribution in [1.29, 1.82) is 0 Å². The fourth-order valence-corrected chi connectivity index (χ4v) is 1.90. The van der Waals surface area contributed by atoms with Crippen LogP contribution in [0, 0.1) is 5.92 Å². The lowest BCUT2D eigenvalue weighted by molar-refractivity contribution is -0.131. The lowest BCUT2D eigenvalue weighted by Gasteiger charge is -2.22. The largest absolute Gasteiger partial charge is 0.393 e. The number of carbonyl (C=O) groups excluding carboxylic acids is 1. The van der Waals surface area contributed by atoms with Crippen LogP contribution in [0.2, 0.25) is 0 Å². The number of hydrogen-bond acceptors (Lipinski definition) is 2. The van der Waals surface area contributed by atoms with Gasteiger partial charge < -0.3 is 10.0 Å². The molecule has 76 valence electrons. The van der Waals surface area contributed by atoms with Gasteiger partial charge in [-0.3, -0.25) is 4.79 Å². The summed E-state index contributed by atoms with van der Waals surface area (Å²) in [5.41, 5.74) is 0. The van der Waals surface area contributed by atoms with Gasteiger partial charge in [-0.15, -0.1) is 0 Å². The summed E-state index contributed by atoms with van der Waals surface area (Å²) in [7, 11) is 0. The molecule has 1 rings (SSSR count). The van der Waals surface area contributed by atoms with Crippen molar-refractivity contribution in [3.05, 3.63) is 0 Å². The van der Waals surface area contributed by atoms with Gasteiger partial charge in [0.25, 0.3) is 0 Å². The summed E-state index contributed by atoms with van der Waals surface area (Å²) in [6.45, 7) is 6.50. The summed E-state index contributed by atoms with van der Waals surface area (Å²) in [4.78, 5) is 13.5. The molecule has 0 aliphatic carbocycles. The molecule has 3 heteroatoms. The van der Waals surface area contributed by atoms with Crippen LogP contribution in [0.25, 0.3) is 0 Å². The summed E-state index contributed by atoms with van der Waals surface area (Å²) in [6, 6.07) is 0.348. The van der Waals surface area contributed by atoms with Crippen LogP contribution in [0.3, 0.4) is 0 Å². The highest BCUT2D eigenvalue weighted by Gasteiger charge is 2.33. The van der Waals surface area contributed by atoms with Crippen LogP contribution in [-0.4, -0.2) is 34.6 Å². The molecule has 1 N–H and O–H groups in total. The van der Waals surface area contributed by atoms with Gasteiger partial charge in [-0.1, -0.05) is 6.92 Å². The van der Waals surface area contributed by atoms with Crippen molar-refractivity contribution < 1.29 is 9.90 Å². The van der Waals surface area contributed by atoms with E-state index in [2.05, 4.69) is 6.92 Å². The summed E-state index contributed by atoms with van der Waals surface area (Å²) in [5.74, 6) is 0.414. The van der Waals surface area contributed by atoms with Crippen molar-refractivity contribution in [3.8, 4) is 0 Å². The van der Waals surface area contributed by atoms with Crippen LogP contribution in [0.1, 0.15) is 33.6 Å². The third-order valence-electron chi connectivity index (χ3n) is 2.72. The topological polar surface area (TPSA) is 40.5 Å². The number of aliphatic hydroxyl groups is 1. The molecule has 0 aromatic rings. The zero-order valence-corrected chi connectivity index (χ0v) is 8.66. The predicted molar refractivity (Wildman–Crippen MR) is 51.3 cm³/mol. The highest BCUT2D eigenvalue weighted by atomic mass is 16.3. The van der Waals surface area contributed by atoms with Crippen LogP contribution in [0.5, 0.6) is 0 Å². The number of likely N-dealkylation sites (tertiary alicyclic amines) is 1. The molecule has 1 aliphatic rings. The highest BCUT2D eigenvalue weighted by molar-refractivity contribution is 5.81. The maximum absolute atomic E-state index is 11.6. The zero-order valence-electron chi connectivity index (χ0n) is 8.66. The minimum absolute atomic E-state index is 0.170. The lowest BCUT2D eigenvalue weighted by Crippen LogP contribution is -2.34. The second-order valence-electron chi connectivity index (χ2n) is 4.16. The van der Waals surface area contributed by atoms with E-state index in [-0.39, 0.29) is 17.9 Å². The Balaban J connectivity index is 2.44. The number of nitrogens with zero attached hydrogens (tertiary/aromatic N) is 1. The molecule has 3 nitrogen and oxygen atoms in total. The van der Waals surface area contributed by atoms with Crippen molar-refractivity contribution in [1.82, 2.24) is 4.90 Å². The molecule has 0 aromatic carbocycles. The molecule has 1 amide bonds.